The fourth-order valence-corrected chi connectivity index (χ4v) is 2.94. The number of rotatable bonds is 4. The van der Waals surface area contributed by atoms with Crippen LogP contribution in [0.1, 0.15) is 12.8 Å². The van der Waals surface area contributed by atoms with E-state index >= 15 is 0 Å². The molecule has 0 radical (unpaired) electrons. The van der Waals surface area contributed by atoms with Crippen molar-refractivity contribution in [3.05, 3.63) is 34.6 Å². The molecule has 0 spiro atoms. The van der Waals surface area contributed by atoms with E-state index in [4.69, 9.17) is 0 Å². The highest BCUT2D eigenvalue weighted by Gasteiger charge is 2.26. The molecule has 1 aromatic carbocycles. The van der Waals surface area contributed by atoms with E-state index in [2.05, 4.69) is 20.2 Å². The van der Waals surface area contributed by atoms with Gasteiger partial charge in [-0.15, -0.1) is 0 Å². The van der Waals surface area contributed by atoms with Crippen molar-refractivity contribution in [1.29, 1.82) is 0 Å². The Morgan fingerprint density at radius 3 is 3.10 bits per heavy atom. The van der Waals surface area contributed by atoms with Crippen molar-refractivity contribution in [2.75, 3.05) is 25.0 Å². The first kappa shape index (κ1) is 13.7. The maximum atomic E-state index is 11.0. The van der Waals surface area contributed by atoms with Gasteiger partial charge in [-0.2, -0.15) is 0 Å². The molecule has 2 heterocycles. The van der Waals surface area contributed by atoms with Crippen LogP contribution in [-0.4, -0.2) is 41.1 Å². The number of nitro benzene ring substituents is 1. The quantitative estimate of drug-likeness (QED) is 0.681. The molecule has 1 aromatic heterocycles. The Morgan fingerprint density at radius 1 is 1.48 bits per heavy atom. The van der Waals surface area contributed by atoms with Crippen molar-refractivity contribution in [3.8, 4) is 0 Å². The van der Waals surface area contributed by atoms with Crippen LogP contribution < -0.4 is 10.2 Å². The Balaban J connectivity index is 2.08. The Morgan fingerprint density at radius 2 is 2.33 bits per heavy atom. The number of anilines is 1. The van der Waals surface area contributed by atoms with Gasteiger partial charge in [-0.1, -0.05) is 0 Å². The minimum absolute atomic E-state index is 0.0721. The summed E-state index contributed by atoms with van der Waals surface area (Å²) in [4.78, 5) is 21.4. The highest BCUT2D eigenvalue weighted by Crippen LogP contribution is 2.31. The Hall–Kier alpha value is -2.28. The maximum Gasteiger partial charge on any atom is 0.270 e. The van der Waals surface area contributed by atoms with Crippen LogP contribution in [0.15, 0.2) is 24.5 Å². The first-order valence-corrected chi connectivity index (χ1v) is 7.01. The summed E-state index contributed by atoms with van der Waals surface area (Å²) in [5.74, 6) is 0.793. The summed E-state index contributed by atoms with van der Waals surface area (Å²) < 4.78 is 0. The molecule has 3 rings (SSSR count). The number of non-ortho nitro benzene ring substituents is 1. The smallest absolute Gasteiger partial charge is 0.270 e. The summed E-state index contributed by atoms with van der Waals surface area (Å²) in [7, 11) is 1.93. The topological polar surface area (TPSA) is 84.2 Å². The second kappa shape index (κ2) is 5.61. The van der Waals surface area contributed by atoms with Crippen molar-refractivity contribution >= 4 is 22.4 Å². The summed E-state index contributed by atoms with van der Waals surface area (Å²) in [5.41, 5.74) is 0.809. The van der Waals surface area contributed by atoms with E-state index in [-0.39, 0.29) is 10.6 Å². The summed E-state index contributed by atoms with van der Waals surface area (Å²) in [5, 5.41) is 14.9. The van der Waals surface area contributed by atoms with E-state index in [1.54, 1.807) is 12.1 Å². The van der Waals surface area contributed by atoms with Crippen molar-refractivity contribution in [2.45, 2.75) is 18.9 Å². The van der Waals surface area contributed by atoms with Crippen LogP contribution in [0.2, 0.25) is 0 Å². The summed E-state index contributed by atoms with van der Waals surface area (Å²) in [6.07, 6.45) is 3.73. The highest BCUT2D eigenvalue weighted by molar-refractivity contribution is 5.91. The van der Waals surface area contributed by atoms with Gasteiger partial charge in [0.2, 0.25) is 0 Å². The molecule has 1 atom stereocenters. The third-order valence-electron chi connectivity index (χ3n) is 3.90. The maximum absolute atomic E-state index is 11.0. The lowest BCUT2D eigenvalue weighted by Crippen LogP contribution is -2.37. The Bertz CT molecular complexity index is 675. The van der Waals surface area contributed by atoms with Crippen LogP contribution in [0.4, 0.5) is 11.5 Å². The third kappa shape index (κ3) is 2.52. The minimum atomic E-state index is -0.384. The van der Waals surface area contributed by atoms with E-state index in [1.807, 2.05) is 7.05 Å². The van der Waals surface area contributed by atoms with E-state index in [9.17, 15) is 10.1 Å². The van der Waals surface area contributed by atoms with E-state index in [0.29, 0.717) is 6.04 Å². The first-order chi connectivity index (χ1) is 10.2. The Labute approximate surface area is 122 Å². The zero-order valence-electron chi connectivity index (χ0n) is 11.8. The van der Waals surface area contributed by atoms with Gasteiger partial charge in [0.05, 0.1) is 10.4 Å². The first-order valence-electron chi connectivity index (χ1n) is 7.01. The van der Waals surface area contributed by atoms with Gasteiger partial charge in [-0.05, 0) is 26.0 Å². The number of fused-ring (bicyclic) bond motifs is 1. The van der Waals surface area contributed by atoms with Gasteiger partial charge < -0.3 is 10.2 Å². The number of aromatic nitrogens is 2. The predicted molar refractivity (Wildman–Crippen MR) is 80.5 cm³/mol. The number of likely N-dealkylation sites (N-methyl/N-ethyl adjacent to an activating group) is 1. The highest BCUT2D eigenvalue weighted by atomic mass is 16.6. The molecule has 0 aliphatic carbocycles. The third-order valence-corrected chi connectivity index (χ3v) is 3.90. The van der Waals surface area contributed by atoms with Crippen molar-refractivity contribution < 1.29 is 4.92 Å². The van der Waals surface area contributed by atoms with E-state index < -0.39 is 0 Å². The Kier molecular flexibility index (Phi) is 3.66. The molecule has 1 N–H and O–H groups in total. The van der Waals surface area contributed by atoms with Crippen LogP contribution in [-0.2, 0) is 0 Å². The van der Waals surface area contributed by atoms with Crippen molar-refractivity contribution in [3.63, 3.8) is 0 Å². The fraction of sp³-hybridized carbons (Fsp3) is 0.429. The van der Waals surface area contributed by atoms with Gasteiger partial charge in [-0.3, -0.25) is 10.1 Å². The molecule has 1 unspecified atom stereocenters. The van der Waals surface area contributed by atoms with Crippen molar-refractivity contribution in [1.82, 2.24) is 15.3 Å². The average molecular weight is 287 g/mol. The van der Waals surface area contributed by atoms with Gasteiger partial charge in [0, 0.05) is 36.7 Å². The van der Waals surface area contributed by atoms with Gasteiger partial charge in [0.25, 0.3) is 5.69 Å². The minimum Gasteiger partial charge on any atom is -0.352 e. The molecule has 7 heteroatoms. The fourth-order valence-electron chi connectivity index (χ4n) is 2.94. The molecule has 1 fully saturated rings. The number of benzene rings is 1. The van der Waals surface area contributed by atoms with Crippen LogP contribution in [0, 0.1) is 10.1 Å². The molecule has 0 saturated carbocycles. The zero-order valence-corrected chi connectivity index (χ0v) is 11.8. The number of hydrogen-bond acceptors (Lipinski definition) is 6. The molecule has 1 aliphatic heterocycles. The second-order valence-electron chi connectivity index (χ2n) is 5.20. The SMILES string of the molecule is CNCC1CCCN1c1ncnc2ccc([N+](=O)[O-])cc12. The lowest BCUT2D eigenvalue weighted by atomic mass is 10.2. The molecule has 1 aliphatic rings. The molecule has 7 nitrogen and oxygen atoms in total. The molecule has 0 amide bonds. The lowest BCUT2D eigenvalue weighted by molar-refractivity contribution is -0.384. The van der Waals surface area contributed by atoms with E-state index in [1.165, 1.54) is 12.4 Å². The molecule has 2 aromatic rings. The van der Waals surface area contributed by atoms with Crippen LogP contribution in [0.5, 0.6) is 0 Å². The van der Waals surface area contributed by atoms with Crippen LogP contribution in [0.25, 0.3) is 10.9 Å². The van der Waals surface area contributed by atoms with Crippen LogP contribution in [0.3, 0.4) is 0 Å². The zero-order chi connectivity index (χ0) is 14.8. The van der Waals surface area contributed by atoms with Crippen molar-refractivity contribution in [2.24, 2.45) is 0 Å². The number of hydrogen-bond donors (Lipinski definition) is 1. The molecular formula is C14H17N5O2. The molecule has 0 bridgehead atoms. The largest absolute Gasteiger partial charge is 0.352 e. The van der Waals surface area contributed by atoms with Gasteiger partial charge in [0.15, 0.2) is 0 Å². The molecule has 110 valence electrons. The lowest BCUT2D eigenvalue weighted by Gasteiger charge is -2.26. The number of nitrogens with zero attached hydrogens (tertiary/aromatic N) is 4. The van der Waals surface area contributed by atoms with Gasteiger partial charge in [0.1, 0.15) is 12.1 Å². The summed E-state index contributed by atoms with van der Waals surface area (Å²) in [6, 6.07) is 5.10. The number of nitrogens with one attached hydrogen (secondary N) is 1. The molecular weight excluding hydrogens is 270 g/mol. The summed E-state index contributed by atoms with van der Waals surface area (Å²) in [6.45, 7) is 1.79. The standard InChI is InChI=1S/C14H17N5O2/c1-15-8-11-3-2-6-18(11)14-12-7-10(19(20)21)4-5-13(12)16-9-17-14/h4-5,7,9,11,15H,2-3,6,8H2,1H3. The summed E-state index contributed by atoms with van der Waals surface area (Å²) >= 11 is 0. The second-order valence-corrected chi connectivity index (χ2v) is 5.20. The molecule has 1 saturated heterocycles. The van der Waals surface area contributed by atoms with Gasteiger partial charge >= 0.3 is 0 Å². The monoisotopic (exact) mass is 287 g/mol. The average Bonchev–Trinajstić information content (AvgIpc) is 2.94. The van der Waals surface area contributed by atoms with Crippen LogP contribution >= 0.6 is 0 Å². The predicted octanol–water partition coefficient (Wildman–Crippen LogP) is 1.73. The van der Waals surface area contributed by atoms with E-state index in [0.717, 1.165) is 42.7 Å². The normalized spacial score (nSPS) is 18.3. The van der Waals surface area contributed by atoms with Gasteiger partial charge in [-0.25, -0.2) is 9.97 Å². The number of nitro groups is 1. The molecule has 21 heavy (non-hydrogen) atoms.